The second-order valence-corrected chi connectivity index (χ2v) is 10.9. The van der Waals surface area contributed by atoms with Gasteiger partial charge in [0.1, 0.15) is 18.4 Å². The minimum absolute atomic E-state index is 0.0277. The van der Waals surface area contributed by atoms with Crippen LogP contribution in [0, 0.1) is 25.6 Å². The number of sulfonamides is 1. The molecule has 0 aromatic heterocycles. The fraction of sp³-hybridized carbons (Fsp3) is 0.440. The normalized spacial score (nSPS) is 12.4. The topological polar surface area (TPSA) is 86.8 Å². The molecule has 0 aliphatic rings. The lowest BCUT2D eigenvalue weighted by Crippen LogP contribution is -2.51. The minimum Gasteiger partial charge on any atom is -0.354 e. The molecule has 2 amide bonds. The van der Waals surface area contributed by atoms with E-state index < -0.39 is 34.3 Å². The van der Waals surface area contributed by atoms with E-state index in [-0.39, 0.29) is 18.4 Å². The molecule has 1 atom stereocenters. The molecule has 0 spiro atoms. The average Bonchev–Trinajstić information content (AvgIpc) is 2.76. The van der Waals surface area contributed by atoms with Crippen molar-refractivity contribution in [2.75, 3.05) is 23.7 Å². The Morgan fingerprint density at radius 1 is 1.00 bits per heavy atom. The standard InChI is InChI=1S/C25H34FN3O4S/c1-17(2)14-27-25(31)20(5)28(15-21-8-10-22(26)11-9-21)24(30)16-29(34(6,32)33)23-12-7-18(3)19(4)13-23/h7-13,17,20H,14-16H2,1-6H3,(H,27,31). The van der Waals surface area contributed by atoms with Crippen LogP contribution in [0.25, 0.3) is 0 Å². The van der Waals surface area contributed by atoms with Gasteiger partial charge in [0.05, 0.1) is 11.9 Å². The zero-order chi connectivity index (χ0) is 25.6. The maximum Gasteiger partial charge on any atom is 0.244 e. The Hall–Kier alpha value is -2.94. The summed E-state index contributed by atoms with van der Waals surface area (Å²) in [6, 6.07) is 9.92. The van der Waals surface area contributed by atoms with Gasteiger partial charge < -0.3 is 10.2 Å². The fourth-order valence-corrected chi connectivity index (χ4v) is 4.16. The van der Waals surface area contributed by atoms with Crippen LogP contribution >= 0.6 is 0 Å². The lowest BCUT2D eigenvalue weighted by atomic mass is 10.1. The molecule has 7 nitrogen and oxygen atoms in total. The van der Waals surface area contributed by atoms with Gasteiger partial charge in [-0.25, -0.2) is 12.8 Å². The molecule has 0 saturated carbocycles. The van der Waals surface area contributed by atoms with E-state index in [0.29, 0.717) is 17.8 Å². The molecular weight excluding hydrogens is 457 g/mol. The van der Waals surface area contributed by atoms with Gasteiger partial charge in [0.15, 0.2) is 0 Å². The molecule has 186 valence electrons. The Morgan fingerprint density at radius 2 is 1.62 bits per heavy atom. The smallest absolute Gasteiger partial charge is 0.244 e. The summed E-state index contributed by atoms with van der Waals surface area (Å²) in [4.78, 5) is 27.5. The summed E-state index contributed by atoms with van der Waals surface area (Å²) >= 11 is 0. The van der Waals surface area contributed by atoms with Gasteiger partial charge in [-0.15, -0.1) is 0 Å². The van der Waals surface area contributed by atoms with Crippen LogP contribution in [0.5, 0.6) is 0 Å². The molecule has 1 N–H and O–H groups in total. The number of amides is 2. The van der Waals surface area contributed by atoms with Crippen LogP contribution < -0.4 is 9.62 Å². The summed E-state index contributed by atoms with van der Waals surface area (Å²) in [6.45, 7) is 9.29. The molecular formula is C25H34FN3O4S. The third kappa shape index (κ3) is 7.55. The van der Waals surface area contributed by atoms with Crippen LogP contribution in [0.2, 0.25) is 0 Å². The molecule has 2 rings (SSSR count). The second kappa shape index (κ2) is 11.5. The maximum atomic E-state index is 13.4. The van der Waals surface area contributed by atoms with Crippen molar-refractivity contribution in [1.82, 2.24) is 10.2 Å². The van der Waals surface area contributed by atoms with Crippen molar-refractivity contribution in [2.24, 2.45) is 5.92 Å². The Balaban J connectivity index is 2.37. The van der Waals surface area contributed by atoms with Crippen molar-refractivity contribution >= 4 is 27.5 Å². The van der Waals surface area contributed by atoms with Crippen LogP contribution in [-0.2, 0) is 26.2 Å². The first-order valence-electron chi connectivity index (χ1n) is 11.2. The number of hydrogen-bond donors (Lipinski definition) is 1. The molecule has 0 aliphatic heterocycles. The lowest BCUT2D eigenvalue weighted by molar-refractivity contribution is -0.139. The van der Waals surface area contributed by atoms with Crippen molar-refractivity contribution in [3.63, 3.8) is 0 Å². The van der Waals surface area contributed by atoms with Gasteiger partial charge in [-0.3, -0.25) is 13.9 Å². The Bertz CT molecular complexity index is 1120. The number of nitrogens with one attached hydrogen (secondary N) is 1. The molecule has 0 heterocycles. The van der Waals surface area contributed by atoms with E-state index in [1.807, 2.05) is 27.7 Å². The highest BCUT2D eigenvalue weighted by Gasteiger charge is 2.30. The van der Waals surface area contributed by atoms with Crippen molar-refractivity contribution in [1.29, 1.82) is 0 Å². The summed E-state index contributed by atoms with van der Waals surface area (Å²) < 4.78 is 39.6. The zero-order valence-corrected chi connectivity index (χ0v) is 21.4. The molecule has 34 heavy (non-hydrogen) atoms. The molecule has 0 saturated heterocycles. The summed E-state index contributed by atoms with van der Waals surface area (Å²) in [7, 11) is -3.79. The number of halogens is 1. The molecule has 0 radical (unpaired) electrons. The highest BCUT2D eigenvalue weighted by molar-refractivity contribution is 7.92. The summed E-state index contributed by atoms with van der Waals surface area (Å²) in [5.74, 6) is -1.08. The Morgan fingerprint density at radius 3 is 2.15 bits per heavy atom. The number of carbonyl (C=O) groups is 2. The van der Waals surface area contributed by atoms with Crippen LogP contribution in [0.4, 0.5) is 10.1 Å². The van der Waals surface area contributed by atoms with Gasteiger partial charge >= 0.3 is 0 Å². The Labute approximate surface area is 202 Å². The van der Waals surface area contributed by atoms with Crippen LogP contribution in [-0.4, -0.2) is 50.5 Å². The van der Waals surface area contributed by atoms with Gasteiger partial charge in [-0.05, 0) is 67.6 Å². The highest BCUT2D eigenvalue weighted by Crippen LogP contribution is 2.22. The lowest BCUT2D eigenvalue weighted by Gasteiger charge is -2.31. The number of aryl methyl sites for hydroxylation is 2. The van der Waals surface area contributed by atoms with E-state index in [4.69, 9.17) is 0 Å². The maximum absolute atomic E-state index is 13.4. The number of benzene rings is 2. The zero-order valence-electron chi connectivity index (χ0n) is 20.6. The van der Waals surface area contributed by atoms with Crippen LogP contribution in [0.15, 0.2) is 42.5 Å². The minimum atomic E-state index is -3.79. The fourth-order valence-electron chi connectivity index (χ4n) is 3.32. The summed E-state index contributed by atoms with van der Waals surface area (Å²) in [5.41, 5.74) is 2.88. The first-order valence-corrected chi connectivity index (χ1v) is 13.0. The largest absolute Gasteiger partial charge is 0.354 e. The molecule has 0 fully saturated rings. The first-order chi connectivity index (χ1) is 15.8. The predicted molar refractivity (Wildman–Crippen MR) is 132 cm³/mol. The number of rotatable bonds is 10. The quantitative estimate of drug-likeness (QED) is 0.552. The van der Waals surface area contributed by atoms with Crippen LogP contribution in [0.1, 0.15) is 37.5 Å². The van der Waals surface area contributed by atoms with Crippen LogP contribution in [0.3, 0.4) is 0 Å². The third-order valence-corrected chi connectivity index (χ3v) is 6.72. The van der Waals surface area contributed by atoms with Crippen molar-refractivity contribution < 1.29 is 22.4 Å². The molecule has 0 aliphatic carbocycles. The monoisotopic (exact) mass is 491 g/mol. The van der Waals surface area contributed by atoms with E-state index in [9.17, 15) is 22.4 Å². The SMILES string of the molecule is Cc1ccc(N(CC(=O)N(Cc2ccc(F)cc2)C(C)C(=O)NCC(C)C)S(C)(=O)=O)cc1C. The van der Waals surface area contributed by atoms with Crippen molar-refractivity contribution in [3.8, 4) is 0 Å². The molecule has 2 aromatic carbocycles. The van der Waals surface area contributed by atoms with Gasteiger partial charge in [-0.2, -0.15) is 0 Å². The van der Waals surface area contributed by atoms with E-state index in [2.05, 4.69) is 5.32 Å². The highest BCUT2D eigenvalue weighted by atomic mass is 32.2. The average molecular weight is 492 g/mol. The second-order valence-electron chi connectivity index (χ2n) is 9.00. The third-order valence-electron chi connectivity index (χ3n) is 5.58. The first kappa shape index (κ1) is 27.3. The van der Waals surface area contributed by atoms with Gasteiger partial charge in [-0.1, -0.05) is 32.0 Å². The molecule has 1 unspecified atom stereocenters. The van der Waals surface area contributed by atoms with E-state index in [1.54, 1.807) is 25.1 Å². The van der Waals surface area contributed by atoms with Crippen molar-refractivity contribution in [2.45, 2.75) is 47.2 Å². The number of nitrogens with zero attached hydrogens (tertiary/aromatic N) is 2. The number of anilines is 1. The number of hydrogen-bond acceptors (Lipinski definition) is 4. The van der Waals surface area contributed by atoms with Gasteiger partial charge in [0.25, 0.3) is 0 Å². The van der Waals surface area contributed by atoms with Crippen molar-refractivity contribution in [3.05, 3.63) is 65.0 Å². The summed E-state index contributed by atoms with van der Waals surface area (Å²) in [6.07, 6.45) is 1.04. The van der Waals surface area contributed by atoms with E-state index in [0.717, 1.165) is 21.7 Å². The van der Waals surface area contributed by atoms with Gasteiger partial charge in [0, 0.05) is 13.1 Å². The van der Waals surface area contributed by atoms with E-state index in [1.165, 1.54) is 29.2 Å². The van der Waals surface area contributed by atoms with Gasteiger partial charge in [0.2, 0.25) is 21.8 Å². The predicted octanol–water partition coefficient (Wildman–Crippen LogP) is 3.40. The van der Waals surface area contributed by atoms with E-state index >= 15 is 0 Å². The number of carbonyl (C=O) groups excluding carboxylic acids is 2. The molecule has 9 heteroatoms. The molecule has 2 aromatic rings. The summed E-state index contributed by atoms with van der Waals surface area (Å²) in [5, 5.41) is 2.82. The molecule has 0 bridgehead atoms. The Kier molecular flexibility index (Phi) is 9.21.